The molecule has 0 atom stereocenters. The molecule has 0 aromatic heterocycles. The molecule has 4 aromatic rings. The van der Waals surface area contributed by atoms with E-state index in [0.717, 1.165) is 22.3 Å². The van der Waals surface area contributed by atoms with Crippen molar-refractivity contribution in [2.75, 3.05) is 0 Å². The SMILES string of the molecule is O=C(/C=C/c1ccc(C#Cc2ccccc2)cc1)c1ccc(C#Cc2ccccc2)cc1O. The number of ketones is 1. The second kappa shape index (κ2) is 10.5. The van der Waals surface area contributed by atoms with Crippen LogP contribution in [0.25, 0.3) is 6.08 Å². The minimum Gasteiger partial charge on any atom is -0.507 e. The molecule has 0 unspecified atom stereocenters. The van der Waals surface area contributed by atoms with Crippen LogP contribution in [-0.2, 0) is 0 Å². The molecule has 0 saturated heterocycles. The number of hydrogen-bond donors (Lipinski definition) is 1. The summed E-state index contributed by atoms with van der Waals surface area (Å²) in [7, 11) is 0. The molecule has 0 heterocycles. The molecule has 0 bridgehead atoms. The monoisotopic (exact) mass is 424 g/mol. The average Bonchev–Trinajstić information content (AvgIpc) is 2.87. The Kier molecular flexibility index (Phi) is 6.82. The van der Waals surface area contributed by atoms with Crippen molar-refractivity contribution in [2.24, 2.45) is 0 Å². The van der Waals surface area contributed by atoms with Gasteiger partial charge in [-0.3, -0.25) is 4.79 Å². The Labute approximate surface area is 193 Å². The average molecular weight is 424 g/mol. The highest BCUT2D eigenvalue weighted by atomic mass is 16.3. The molecule has 1 N–H and O–H groups in total. The van der Waals surface area contributed by atoms with Crippen LogP contribution in [-0.4, -0.2) is 10.9 Å². The fraction of sp³-hybridized carbons (Fsp3) is 0. The maximum absolute atomic E-state index is 12.6. The van der Waals surface area contributed by atoms with E-state index < -0.39 is 0 Å². The number of aromatic hydroxyl groups is 1. The summed E-state index contributed by atoms with van der Waals surface area (Å²) >= 11 is 0. The van der Waals surface area contributed by atoms with Gasteiger partial charge in [-0.1, -0.05) is 78.3 Å². The smallest absolute Gasteiger partial charge is 0.189 e. The van der Waals surface area contributed by atoms with Gasteiger partial charge in [-0.15, -0.1) is 0 Å². The highest BCUT2D eigenvalue weighted by molar-refractivity contribution is 6.08. The first kappa shape index (κ1) is 21.4. The Hall–Kier alpha value is -4.79. The normalized spacial score (nSPS) is 10.1. The van der Waals surface area contributed by atoms with Gasteiger partial charge in [-0.2, -0.15) is 0 Å². The van der Waals surface area contributed by atoms with Crippen molar-refractivity contribution in [2.45, 2.75) is 0 Å². The molecule has 156 valence electrons. The quantitative estimate of drug-likeness (QED) is 0.246. The van der Waals surface area contributed by atoms with Gasteiger partial charge in [-0.05, 0) is 66.2 Å². The van der Waals surface area contributed by atoms with Gasteiger partial charge in [0.25, 0.3) is 0 Å². The van der Waals surface area contributed by atoms with Crippen LogP contribution < -0.4 is 0 Å². The van der Waals surface area contributed by atoms with Crippen molar-refractivity contribution in [3.8, 4) is 29.4 Å². The van der Waals surface area contributed by atoms with Crippen LogP contribution in [0.5, 0.6) is 5.75 Å². The summed E-state index contributed by atoms with van der Waals surface area (Å²) in [6, 6.07) is 31.9. The summed E-state index contributed by atoms with van der Waals surface area (Å²) in [5, 5.41) is 10.3. The van der Waals surface area contributed by atoms with Crippen LogP contribution in [0.3, 0.4) is 0 Å². The molecule has 0 aliphatic rings. The Bertz CT molecular complexity index is 1410. The van der Waals surface area contributed by atoms with E-state index >= 15 is 0 Å². The topological polar surface area (TPSA) is 37.3 Å². The predicted molar refractivity (Wildman–Crippen MR) is 133 cm³/mol. The van der Waals surface area contributed by atoms with Crippen LogP contribution in [0.4, 0.5) is 0 Å². The predicted octanol–water partition coefficient (Wildman–Crippen LogP) is 6.09. The third-order valence-electron chi connectivity index (χ3n) is 4.85. The number of benzene rings is 4. The molecule has 0 spiro atoms. The van der Waals surface area contributed by atoms with Crippen LogP contribution in [0.15, 0.2) is 109 Å². The zero-order valence-electron chi connectivity index (χ0n) is 17.8. The van der Waals surface area contributed by atoms with Crippen molar-refractivity contribution >= 4 is 11.9 Å². The van der Waals surface area contributed by atoms with E-state index in [4.69, 9.17) is 0 Å². The third-order valence-corrected chi connectivity index (χ3v) is 4.85. The lowest BCUT2D eigenvalue weighted by atomic mass is 10.0. The van der Waals surface area contributed by atoms with E-state index in [-0.39, 0.29) is 17.1 Å². The van der Waals surface area contributed by atoms with Crippen molar-refractivity contribution in [3.05, 3.63) is 143 Å². The maximum Gasteiger partial charge on any atom is 0.189 e. The van der Waals surface area contributed by atoms with E-state index in [1.54, 1.807) is 18.2 Å². The van der Waals surface area contributed by atoms with Crippen LogP contribution in [0.1, 0.15) is 38.2 Å². The Morgan fingerprint density at radius 3 is 1.64 bits per heavy atom. The fourth-order valence-corrected chi connectivity index (χ4v) is 3.09. The summed E-state index contributed by atoms with van der Waals surface area (Å²) in [6.45, 7) is 0. The van der Waals surface area contributed by atoms with E-state index in [0.29, 0.717) is 5.56 Å². The molecule has 2 nitrogen and oxygen atoms in total. The van der Waals surface area contributed by atoms with Gasteiger partial charge >= 0.3 is 0 Å². The van der Waals surface area contributed by atoms with Crippen molar-refractivity contribution in [1.82, 2.24) is 0 Å². The number of carbonyl (C=O) groups excluding carboxylic acids is 1. The lowest BCUT2D eigenvalue weighted by Crippen LogP contribution is -1.95. The largest absolute Gasteiger partial charge is 0.507 e. The van der Waals surface area contributed by atoms with E-state index in [1.165, 1.54) is 12.1 Å². The Morgan fingerprint density at radius 1 is 0.606 bits per heavy atom. The molecule has 0 amide bonds. The van der Waals surface area contributed by atoms with Crippen molar-refractivity contribution in [3.63, 3.8) is 0 Å². The highest BCUT2D eigenvalue weighted by Crippen LogP contribution is 2.20. The summed E-state index contributed by atoms with van der Waals surface area (Å²) < 4.78 is 0. The summed E-state index contributed by atoms with van der Waals surface area (Å²) in [6.07, 6.45) is 3.17. The zero-order valence-corrected chi connectivity index (χ0v) is 17.8. The molecule has 2 heteroatoms. The molecule has 0 aliphatic heterocycles. The van der Waals surface area contributed by atoms with Gasteiger partial charge < -0.3 is 5.11 Å². The lowest BCUT2D eigenvalue weighted by Gasteiger charge is -2.01. The zero-order chi connectivity index (χ0) is 22.9. The summed E-state index contributed by atoms with van der Waals surface area (Å²) in [5.74, 6) is 11.9. The van der Waals surface area contributed by atoms with Crippen LogP contribution >= 0.6 is 0 Å². The molecule has 4 rings (SSSR count). The highest BCUT2D eigenvalue weighted by Gasteiger charge is 2.08. The van der Waals surface area contributed by atoms with Crippen molar-refractivity contribution < 1.29 is 9.90 Å². The van der Waals surface area contributed by atoms with Gasteiger partial charge in [-0.25, -0.2) is 0 Å². The number of hydrogen-bond acceptors (Lipinski definition) is 2. The standard InChI is InChI=1S/C31H20O2/c32-30(29-21-19-28(23-31(29)33)18-17-25-9-5-2-6-10-25)22-20-27-15-13-26(14-16-27)12-11-24-7-3-1-4-8-24/h1-10,13-16,19-23,33H/b22-20+. The number of phenols is 1. The first-order chi connectivity index (χ1) is 16.2. The molecule has 0 saturated carbocycles. The molecule has 0 fully saturated rings. The van der Waals surface area contributed by atoms with Gasteiger partial charge in [0, 0.05) is 22.3 Å². The first-order valence-corrected chi connectivity index (χ1v) is 10.5. The number of phenolic OH excluding ortho intramolecular Hbond substituents is 1. The number of rotatable bonds is 3. The minimum absolute atomic E-state index is 0.0870. The molecule has 33 heavy (non-hydrogen) atoms. The van der Waals surface area contributed by atoms with E-state index in [2.05, 4.69) is 23.7 Å². The maximum atomic E-state index is 12.6. The fourth-order valence-electron chi connectivity index (χ4n) is 3.09. The number of carbonyl (C=O) groups is 1. The molecule has 0 aliphatic carbocycles. The summed E-state index contributed by atoms with van der Waals surface area (Å²) in [5.41, 5.74) is 4.50. The molecule has 4 aromatic carbocycles. The third kappa shape index (κ3) is 6.11. The minimum atomic E-state index is -0.275. The van der Waals surface area contributed by atoms with Crippen molar-refractivity contribution in [1.29, 1.82) is 0 Å². The van der Waals surface area contributed by atoms with E-state index in [9.17, 15) is 9.90 Å². The second-order valence-corrected chi connectivity index (χ2v) is 7.28. The molecular weight excluding hydrogens is 404 g/mol. The van der Waals surface area contributed by atoms with E-state index in [1.807, 2.05) is 84.9 Å². The Balaban J connectivity index is 1.42. The summed E-state index contributed by atoms with van der Waals surface area (Å²) in [4.78, 5) is 12.6. The van der Waals surface area contributed by atoms with Crippen LogP contribution in [0.2, 0.25) is 0 Å². The first-order valence-electron chi connectivity index (χ1n) is 10.5. The van der Waals surface area contributed by atoms with Gasteiger partial charge in [0.05, 0.1) is 5.56 Å². The van der Waals surface area contributed by atoms with Gasteiger partial charge in [0.1, 0.15) is 5.75 Å². The molecule has 0 radical (unpaired) electrons. The van der Waals surface area contributed by atoms with Gasteiger partial charge in [0.2, 0.25) is 0 Å². The molecular formula is C31H20O2. The Morgan fingerprint density at radius 2 is 1.09 bits per heavy atom. The lowest BCUT2D eigenvalue weighted by molar-refractivity contribution is 0.104. The van der Waals surface area contributed by atoms with Crippen LogP contribution in [0, 0.1) is 23.7 Å². The second-order valence-electron chi connectivity index (χ2n) is 7.28. The number of allylic oxidation sites excluding steroid dienone is 1. The van der Waals surface area contributed by atoms with Gasteiger partial charge in [0.15, 0.2) is 5.78 Å².